The van der Waals surface area contributed by atoms with Crippen LogP contribution in [-0.2, 0) is 16.0 Å². The molecule has 43 heavy (non-hydrogen) atoms. The van der Waals surface area contributed by atoms with Crippen LogP contribution < -0.4 is 5.32 Å². The van der Waals surface area contributed by atoms with Gasteiger partial charge in [0.15, 0.2) is 0 Å². The summed E-state index contributed by atoms with van der Waals surface area (Å²) in [7, 11) is 3.58. The van der Waals surface area contributed by atoms with E-state index in [9.17, 15) is 27.6 Å². The number of carbonyl (C=O) groups excluding carboxylic acids is 3. The number of halogens is 4. The third-order valence-corrected chi connectivity index (χ3v) is 9.47. The first kappa shape index (κ1) is 33.4. The first-order valence-corrected chi connectivity index (χ1v) is 15.9. The van der Waals surface area contributed by atoms with Gasteiger partial charge in [0, 0.05) is 63.4 Å². The fourth-order valence-corrected chi connectivity index (χ4v) is 7.04. The number of urea groups is 1. The van der Waals surface area contributed by atoms with Crippen molar-refractivity contribution in [1.82, 2.24) is 24.9 Å². The van der Waals surface area contributed by atoms with Crippen molar-refractivity contribution in [3.05, 3.63) is 34.9 Å². The lowest BCUT2D eigenvalue weighted by Crippen LogP contribution is -2.61. The van der Waals surface area contributed by atoms with Crippen molar-refractivity contribution in [3.63, 3.8) is 0 Å². The van der Waals surface area contributed by atoms with Gasteiger partial charge < -0.3 is 24.9 Å². The molecule has 8 nitrogen and oxygen atoms in total. The van der Waals surface area contributed by atoms with E-state index in [1.54, 1.807) is 31.1 Å². The topological polar surface area (TPSA) is 76.2 Å². The summed E-state index contributed by atoms with van der Waals surface area (Å²) in [5, 5.41) is 4.02. The van der Waals surface area contributed by atoms with Crippen molar-refractivity contribution in [1.29, 1.82) is 0 Å². The number of hydrogen-bond donors (Lipinski definition) is 1. The quantitative estimate of drug-likeness (QED) is 0.464. The highest BCUT2D eigenvalue weighted by atomic mass is 35.5. The van der Waals surface area contributed by atoms with Gasteiger partial charge >= 0.3 is 18.1 Å². The SMILES string of the molecule is CC1CN(C(=O)[C@@H](Cc2ccc(Cl)cc2)NC2CCN(C(=O)C(F)(F)F)CC2)CCC1N(C(=O)N(C)C)C1CCCCC1. The number of alkyl halides is 3. The summed E-state index contributed by atoms with van der Waals surface area (Å²) in [6, 6.07) is 6.79. The lowest BCUT2D eigenvalue weighted by atomic mass is 9.87. The van der Waals surface area contributed by atoms with Gasteiger partial charge in [-0.2, -0.15) is 13.2 Å². The Morgan fingerprint density at radius 3 is 2.12 bits per heavy atom. The molecule has 12 heteroatoms. The van der Waals surface area contributed by atoms with E-state index in [-0.39, 0.29) is 49.1 Å². The summed E-state index contributed by atoms with van der Waals surface area (Å²) in [6.07, 6.45) is 2.31. The Balaban J connectivity index is 1.45. The van der Waals surface area contributed by atoms with Crippen LogP contribution in [0, 0.1) is 5.92 Å². The molecular formula is C31H45ClF3N5O3. The van der Waals surface area contributed by atoms with Gasteiger partial charge in [-0.05, 0) is 62.1 Å². The van der Waals surface area contributed by atoms with Gasteiger partial charge in [-0.1, -0.05) is 49.9 Å². The first-order valence-electron chi connectivity index (χ1n) is 15.5. The van der Waals surface area contributed by atoms with Crippen LogP contribution in [0.15, 0.2) is 24.3 Å². The van der Waals surface area contributed by atoms with E-state index >= 15 is 0 Å². The number of benzene rings is 1. The first-order chi connectivity index (χ1) is 20.3. The predicted octanol–water partition coefficient (Wildman–Crippen LogP) is 4.95. The Labute approximate surface area is 257 Å². The van der Waals surface area contributed by atoms with E-state index in [4.69, 9.17) is 11.6 Å². The number of hydrogen-bond acceptors (Lipinski definition) is 4. The minimum atomic E-state index is -4.89. The second-order valence-electron chi connectivity index (χ2n) is 12.6. The highest BCUT2D eigenvalue weighted by Gasteiger charge is 2.44. The van der Waals surface area contributed by atoms with Gasteiger partial charge in [0.2, 0.25) is 5.91 Å². The molecule has 4 amide bonds. The maximum Gasteiger partial charge on any atom is 0.471 e. The van der Waals surface area contributed by atoms with Crippen molar-refractivity contribution in [2.75, 3.05) is 40.3 Å². The number of nitrogens with zero attached hydrogens (tertiary/aromatic N) is 4. The van der Waals surface area contributed by atoms with Gasteiger partial charge in [-0.15, -0.1) is 0 Å². The highest BCUT2D eigenvalue weighted by molar-refractivity contribution is 6.30. The van der Waals surface area contributed by atoms with Gasteiger partial charge in [0.1, 0.15) is 0 Å². The van der Waals surface area contributed by atoms with Crippen LogP contribution in [-0.4, -0.2) is 108 Å². The van der Waals surface area contributed by atoms with E-state index in [0.29, 0.717) is 43.8 Å². The monoisotopic (exact) mass is 627 g/mol. The molecule has 2 saturated heterocycles. The molecule has 4 rings (SSSR count). The van der Waals surface area contributed by atoms with Crippen LogP contribution >= 0.6 is 11.6 Å². The lowest BCUT2D eigenvalue weighted by Gasteiger charge is -2.48. The van der Waals surface area contributed by atoms with E-state index in [0.717, 1.165) is 36.1 Å². The molecule has 240 valence electrons. The van der Waals surface area contributed by atoms with Crippen LogP contribution in [0.2, 0.25) is 5.02 Å². The largest absolute Gasteiger partial charge is 0.471 e. The number of amides is 4. The van der Waals surface area contributed by atoms with Crippen molar-refractivity contribution in [3.8, 4) is 0 Å². The molecule has 2 heterocycles. The molecule has 2 unspecified atom stereocenters. The molecule has 3 atom stereocenters. The lowest BCUT2D eigenvalue weighted by molar-refractivity contribution is -0.186. The fraction of sp³-hybridized carbons (Fsp3) is 0.710. The Kier molecular flexibility index (Phi) is 11.3. The van der Waals surface area contributed by atoms with Crippen LogP contribution in [0.25, 0.3) is 0 Å². The second-order valence-corrected chi connectivity index (χ2v) is 13.0. The molecule has 0 radical (unpaired) electrons. The molecular weight excluding hydrogens is 583 g/mol. The van der Waals surface area contributed by atoms with E-state index in [2.05, 4.69) is 17.1 Å². The van der Waals surface area contributed by atoms with Crippen LogP contribution in [0.1, 0.15) is 63.9 Å². The second kappa shape index (κ2) is 14.5. The number of carbonyl (C=O) groups is 3. The normalized spacial score (nSPS) is 23.1. The average molecular weight is 628 g/mol. The molecule has 3 aliphatic rings. The van der Waals surface area contributed by atoms with Gasteiger partial charge in [-0.3, -0.25) is 9.59 Å². The molecule has 1 aliphatic carbocycles. The molecule has 1 aromatic carbocycles. The van der Waals surface area contributed by atoms with Gasteiger partial charge in [0.05, 0.1) is 6.04 Å². The van der Waals surface area contributed by atoms with Crippen molar-refractivity contribution in [2.45, 2.75) is 95.1 Å². The molecule has 1 aromatic rings. The summed E-state index contributed by atoms with van der Waals surface area (Å²) < 4.78 is 38.8. The van der Waals surface area contributed by atoms with Crippen molar-refractivity contribution < 1.29 is 27.6 Å². The molecule has 0 spiro atoms. The fourth-order valence-electron chi connectivity index (χ4n) is 6.91. The molecule has 3 fully saturated rings. The zero-order valence-electron chi connectivity index (χ0n) is 25.4. The Morgan fingerprint density at radius 1 is 0.953 bits per heavy atom. The van der Waals surface area contributed by atoms with Crippen molar-refractivity contribution in [2.24, 2.45) is 5.92 Å². The third-order valence-electron chi connectivity index (χ3n) is 9.21. The molecule has 0 bridgehead atoms. The minimum Gasteiger partial charge on any atom is -0.341 e. The highest BCUT2D eigenvalue weighted by Crippen LogP contribution is 2.31. The van der Waals surface area contributed by atoms with E-state index < -0.39 is 18.1 Å². The van der Waals surface area contributed by atoms with Crippen LogP contribution in [0.5, 0.6) is 0 Å². The van der Waals surface area contributed by atoms with E-state index in [1.807, 2.05) is 17.0 Å². The summed E-state index contributed by atoms with van der Waals surface area (Å²) in [5.74, 6) is -1.79. The smallest absolute Gasteiger partial charge is 0.341 e. The van der Waals surface area contributed by atoms with Crippen LogP contribution in [0.3, 0.4) is 0 Å². The number of nitrogens with one attached hydrogen (secondary N) is 1. The Hall–Kier alpha value is -2.53. The average Bonchev–Trinajstić information content (AvgIpc) is 2.98. The maximum atomic E-state index is 14.0. The van der Waals surface area contributed by atoms with Gasteiger partial charge in [-0.25, -0.2) is 4.79 Å². The summed E-state index contributed by atoms with van der Waals surface area (Å²) >= 11 is 6.08. The molecule has 0 aromatic heterocycles. The molecule has 1 saturated carbocycles. The summed E-state index contributed by atoms with van der Waals surface area (Å²) in [4.78, 5) is 45.5. The van der Waals surface area contributed by atoms with Crippen LogP contribution in [0.4, 0.5) is 18.0 Å². The molecule has 1 N–H and O–H groups in total. The maximum absolute atomic E-state index is 14.0. The molecule has 2 aliphatic heterocycles. The minimum absolute atomic E-state index is 0.0167. The third kappa shape index (κ3) is 8.56. The number of likely N-dealkylation sites (tertiary alicyclic amines) is 2. The predicted molar refractivity (Wildman–Crippen MR) is 160 cm³/mol. The van der Waals surface area contributed by atoms with E-state index in [1.165, 1.54) is 6.42 Å². The summed E-state index contributed by atoms with van der Waals surface area (Å²) in [6.45, 7) is 3.12. The zero-order valence-corrected chi connectivity index (χ0v) is 26.2. The van der Waals surface area contributed by atoms with Crippen molar-refractivity contribution >= 4 is 29.4 Å². The summed E-state index contributed by atoms with van der Waals surface area (Å²) in [5.41, 5.74) is 0.919. The Bertz CT molecular complexity index is 1100. The standard InChI is InChI=1S/C31H45ClF3N5O3/c1-21-20-39(18-15-27(21)40(30(43)37(2)3)25-7-5-4-6-8-25)28(41)26(19-22-9-11-23(32)12-10-22)36-24-13-16-38(17-14-24)29(42)31(33,34)35/h9-12,21,24-27,36H,4-8,13-20H2,1-3H3/t21?,26-,27?/m1/s1. The Morgan fingerprint density at radius 2 is 1.56 bits per heavy atom. The number of rotatable bonds is 7. The zero-order chi connectivity index (χ0) is 31.3. The number of piperidine rings is 2. The van der Waals surface area contributed by atoms with Gasteiger partial charge in [0.25, 0.3) is 0 Å².